The van der Waals surface area contributed by atoms with Crippen molar-refractivity contribution in [3.8, 4) is 0 Å². The van der Waals surface area contributed by atoms with E-state index in [2.05, 4.69) is 10.1 Å². The van der Waals surface area contributed by atoms with Crippen LogP contribution < -0.4 is 5.32 Å². The second-order valence-electron chi connectivity index (χ2n) is 3.71. The van der Waals surface area contributed by atoms with E-state index in [1.807, 2.05) is 0 Å². The van der Waals surface area contributed by atoms with Crippen molar-refractivity contribution < 1.29 is 27.4 Å². The van der Waals surface area contributed by atoms with Gasteiger partial charge in [0.15, 0.2) is 6.10 Å². The molecule has 0 heterocycles. The summed E-state index contributed by atoms with van der Waals surface area (Å²) < 4.78 is 45.9. The first-order valence-electron chi connectivity index (χ1n) is 5.91. The molecule has 4 nitrogen and oxygen atoms in total. The number of hydrogen-bond donors (Lipinski definition) is 1. The number of esters is 1. The van der Waals surface area contributed by atoms with Crippen molar-refractivity contribution in [2.45, 2.75) is 45.5 Å². The van der Waals surface area contributed by atoms with Gasteiger partial charge in [-0.25, -0.2) is 0 Å². The zero-order valence-corrected chi connectivity index (χ0v) is 10.8. The highest BCUT2D eigenvalue weighted by Crippen LogP contribution is 2.22. The summed E-state index contributed by atoms with van der Waals surface area (Å²) in [6, 6.07) is -0.629. The quantitative estimate of drug-likeness (QED) is 0.685. The van der Waals surface area contributed by atoms with Gasteiger partial charge in [0.25, 0.3) is 0 Å². The van der Waals surface area contributed by atoms with Crippen molar-refractivity contribution in [1.82, 2.24) is 5.32 Å². The second kappa shape index (κ2) is 8.31. The zero-order valence-electron chi connectivity index (χ0n) is 10.8. The molecule has 0 spiro atoms. The molecule has 0 fully saturated rings. The molecule has 0 aliphatic rings. The highest BCUT2D eigenvalue weighted by Gasteiger charge is 2.37. The largest absolute Gasteiger partial charge is 0.465 e. The zero-order chi connectivity index (χ0) is 14.2. The van der Waals surface area contributed by atoms with Gasteiger partial charge < -0.3 is 14.8 Å². The number of hydrogen-bond acceptors (Lipinski definition) is 4. The molecule has 2 unspecified atom stereocenters. The molecule has 0 aliphatic carbocycles. The van der Waals surface area contributed by atoms with Gasteiger partial charge in [-0.15, -0.1) is 0 Å². The Kier molecular flexibility index (Phi) is 7.93. The van der Waals surface area contributed by atoms with Gasteiger partial charge in [-0.2, -0.15) is 13.2 Å². The minimum Gasteiger partial charge on any atom is -0.465 e. The number of likely N-dealkylation sites (N-methyl/N-ethyl adjacent to an activating group) is 1. The lowest BCUT2D eigenvalue weighted by atomic mass is 10.2. The molecule has 0 aliphatic heterocycles. The minimum absolute atomic E-state index is 0.146. The number of nitrogens with one attached hydrogen (secondary N) is 1. The first-order valence-corrected chi connectivity index (χ1v) is 5.91. The minimum atomic E-state index is -4.38. The maximum absolute atomic E-state index is 12.2. The summed E-state index contributed by atoms with van der Waals surface area (Å²) >= 11 is 0. The van der Waals surface area contributed by atoms with Gasteiger partial charge in [0.2, 0.25) is 0 Å². The van der Waals surface area contributed by atoms with Crippen LogP contribution in [0.3, 0.4) is 0 Å². The van der Waals surface area contributed by atoms with E-state index in [1.165, 1.54) is 0 Å². The van der Waals surface area contributed by atoms with Gasteiger partial charge in [-0.05, 0) is 26.8 Å². The molecular formula is C11H20F3NO3. The molecule has 0 rings (SSSR count). The number of carbonyl (C=O) groups is 1. The Morgan fingerprint density at radius 3 is 2.39 bits per heavy atom. The molecule has 18 heavy (non-hydrogen) atoms. The predicted molar refractivity (Wildman–Crippen MR) is 60.2 cm³/mol. The third-order valence-electron chi connectivity index (χ3n) is 2.26. The maximum Gasteiger partial charge on any atom is 0.414 e. The number of alkyl halides is 3. The van der Waals surface area contributed by atoms with E-state index >= 15 is 0 Å². The lowest BCUT2D eigenvalue weighted by molar-refractivity contribution is -0.214. The molecule has 0 bridgehead atoms. The monoisotopic (exact) mass is 271 g/mol. The summed E-state index contributed by atoms with van der Waals surface area (Å²) in [5, 5.41) is 2.84. The van der Waals surface area contributed by atoms with Crippen molar-refractivity contribution in [2.24, 2.45) is 0 Å². The molecule has 0 aromatic rings. The lowest BCUT2D eigenvalue weighted by Gasteiger charge is -2.19. The van der Waals surface area contributed by atoms with Crippen LogP contribution in [0.1, 0.15) is 27.2 Å². The maximum atomic E-state index is 12.2. The van der Waals surface area contributed by atoms with Crippen LogP contribution in [0.15, 0.2) is 0 Å². The molecule has 0 amide bonds. The fraction of sp³-hybridized carbons (Fsp3) is 0.909. The number of ether oxygens (including phenoxy) is 2. The van der Waals surface area contributed by atoms with E-state index in [-0.39, 0.29) is 19.6 Å². The van der Waals surface area contributed by atoms with E-state index in [4.69, 9.17) is 4.74 Å². The molecule has 0 aromatic carbocycles. The first kappa shape index (κ1) is 17.2. The van der Waals surface area contributed by atoms with Crippen molar-refractivity contribution in [2.75, 3.05) is 19.8 Å². The summed E-state index contributed by atoms with van der Waals surface area (Å²) in [7, 11) is 0. The van der Waals surface area contributed by atoms with Crippen LogP contribution >= 0.6 is 0 Å². The van der Waals surface area contributed by atoms with E-state index in [1.54, 1.807) is 13.8 Å². The van der Waals surface area contributed by atoms with Gasteiger partial charge in [-0.1, -0.05) is 6.92 Å². The summed E-state index contributed by atoms with van der Waals surface area (Å²) in [6.07, 6.45) is -6.06. The SMILES string of the molecule is CCNC(CCOC(C)C(F)(F)F)C(=O)OCC. The molecular weight excluding hydrogens is 251 g/mol. The average molecular weight is 271 g/mol. The third-order valence-corrected chi connectivity index (χ3v) is 2.26. The third kappa shape index (κ3) is 6.80. The van der Waals surface area contributed by atoms with Gasteiger partial charge in [0, 0.05) is 6.61 Å². The molecule has 0 saturated heterocycles. The van der Waals surface area contributed by atoms with Crippen LogP contribution in [0, 0.1) is 0 Å². The van der Waals surface area contributed by atoms with Gasteiger partial charge in [-0.3, -0.25) is 4.79 Å². The topological polar surface area (TPSA) is 47.6 Å². The van der Waals surface area contributed by atoms with E-state index < -0.39 is 24.3 Å². The normalized spacial score (nSPS) is 15.2. The van der Waals surface area contributed by atoms with Crippen LogP contribution in [0.5, 0.6) is 0 Å². The molecule has 7 heteroatoms. The van der Waals surface area contributed by atoms with Gasteiger partial charge in [0.1, 0.15) is 6.04 Å². The Balaban J connectivity index is 4.08. The molecule has 1 N–H and O–H groups in total. The number of rotatable bonds is 8. The average Bonchev–Trinajstić information content (AvgIpc) is 2.26. The summed E-state index contributed by atoms with van der Waals surface area (Å²) in [5.41, 5.74) is 0. The Hall–Kier alpha value is -0.820. The fourth-order valence-corrected chi connectivity index (χ4v) is 1.25. The van der Waals surface area contributed by atoms with E-state index in [0.717, 1.165) is 6.92 Å². The Labute approximate surface area is 105 Å². The Morgan fingerprint density at radius 2 is 1.94 bits per heavy atom. The van der Waals surface area contributed by atoms with Crippen molar-refractivity contribution in [1.29, 1.82) is 0 Å². The highest BCUT2D eigenvalue weighted by atomic mass is 19.4. The van der Waals surface area contributed by atoms with Crippen LogP contribution in [0.25, 0.3) is 0 Å². The predicted octanol–water partition coefficient (Wildman–Crippen LogP) is 1.89. The first-order chi connectivity index (χ1) is 8.32. The van der Waals surface area contributed by atoms with Crippen LogP contribution in [0.4, 0.5) is 13.2 Å². The Morgan fingerprint density at radius 1 is 1.33 bits per heavy atom. The van der Waals surface area contributed by atoms with Crippen LogP contribution in [0.2, 0.25) is 0 Å². The van der Waals surface area contributed by atoms with Crippen LogP contribution in [-0.2, 0) is 14.3 Å². The smallest absolute Gasteiger partial charge is 0.414 e. The molecule has 0 saturated carbocycles. The highest BCUT2D eigenvalue weighted by molar-refractivity contribution is 5.75. The summed E-state index contributed by atoms with van der Waals surface area (Å²) in [6.45, 7) is 5.01. The molecule has 108 valence electrons. The summed E-state index contributed by atoms with van der Waals surface area (Å²) in [4.78, 5) is 11.4. The Bertz CT molecular complexity index is 246. The molecule has 0 aromatic heterocycles. The van der Waals surface area contributed by atoms with Gasteiger partial charge in [0.05, 0.1) is 6.61 Å². The van der Waals surface area contributed by atoms with Crippen LogP contribution in [-0.4, -0.2) is 44.0 Å². The molecule has 0 radical (unpaired) electrons. The van der Waals surface area contributed by atoms with Crippen molar-refractivity contribution in [3.05, 3.63) is 0 Å². The standard InChI is InChI=1S/C11H20F3NO3/c1-4-15-9(10(16)17-5-2)6-7-18-8(3)11(12,13)14/h8-9,15H,4-7H2,1-3H3. The number of halogens is 3. The lowest BCUT2D eigenvalue weighted by Crippen LogP contribution is -2.39. The second-order valence-corrected chi connectivity index (χ2v) is 3.71. The fourth-order valence-electron chi connectivity index (χ4n) is 1.25. The van der Waals surface area contributed by atoms with E-state index in [9.17, 15) is 18.0 Å². The van der Waals surface area contributed by atoms with Crippen molar-refractivity contribution >= 4 is 5.97 Å². The summed E-state index contributed by atoms with van der Waals surface area (Å²) in [5.74, 6) is -0.470. The van der Waals surface area contributed by atoms with E-state index in [0.29, 0.717) is 6.54 Å². The molecule has 2 atom stereocenters. The number of carbonyl (C=O) groups excluding carboxylic acids is 1. The van der Waals surface area contributed by atoms with Crippen molar-refractivity contribution in [3.63, 3.8) is 0 Å². The van der Waals surface area contributed by atoms with Gasteiger partial charge >= 0.3 is 12.1 Å².